The standard InChI is InChI=1S/C11H17BrN2O3S2/c1-7-9(3-4-17-7)14-19(15,16)10-5-8(6-13-2)18-11(10)12/h5,7,9,13-14H,3-4,6H2,1-2H3. The van der Waals surface area contributed by atoms with Crippen molar-refractivity contribution in [3.8, 4) is 0 Å². The van der Waals surface area contributed by atoms with Crippen LogP contribution in [-0.4, -0.2) is 34.2 Å². The summed E-state index contributed by atoms with van der Waals surface area (Å²) in [4.78, 5) is 1.28. The fraction of sp³-hybridized carbons (Fsp3) is 0.636. The van der Waals surface area contributed by atoms with E-state index in [2.05, 4.69) is 26.0 Å². The van der Waals surface area contributed by atoms with Gasteiger partial charge in [0.2, 0.25) is 10.0 Å². The van der Waals surface area contributed by atoms with Crippen LogP contribution in [0, 0.1) is 0 Å². The van der Waals surface area contributed by atoms with Gasteiger partial charge in [-0.1, -0.05) is 0 Å². The Morgan fingerprint density at radius 3 is 2.89 bits per heavy atom. The third-order valence-corrected chi connectivity index (χ3v) is 6.77. The highest BCUT2D eigenvalue weighted by Gasteiger charge is 2.30. The van der Waals surface area contributed by atoms with Gasteiger partial charge in [-0.25, -0.2) is 13.1 Å². The van der Waals surface area contributed by atoms with Crippen LogP contribution < -0.4 is 10.0 Å². The maximum Gasteiger partial charge on any atom is 0.242 e. The Morgan fingerprint density at radius 1 is 1.58 bits per heavy atom. The molecule has 0 radical (unpaired) electrons. The number of hydrogen-bond donors (Lipinski definition) is 2. The minimum Gasteiger partial charge on any atom is -0.377 e. The zero-order valence-electron chi connectivity index (χ0n) is 10.8. The Balaban J connectivity index is 2.19. The number of ether oxygens (including phenoxy) is 1. The lowest BCUT2D eigenvalue weighted by atomic mass is 10.2. The molecule has 0 aromatic carbocycles. The van der Waals surface area contributed by atoms with Crippen molar-refractivity contribution in [1.82, 2.24) is 10.0 Å². The van der Waals surface area contributed by atoms with Crippen molar-refractivity contribution in [2.45, 2.75) is 36.9 Å². The Hall–Kier alpha value is 0.01000. The molecule has 1 saturated heterocycles. The molecule has 19 heavy (non-hydrogen) atoms. The molecular formula is C11H17BrN2O3S2. The normalized spacial score (nSPS) is 23.9. The molecular weight excluding hydrogens is 352 g/mol. The lowest BCUT2D eigenvalue weighted by Crippen LogP contribution is -2.39. The van der Waals surface area contributed by atoms with Crippen molar-refractivity contribution in [3.05, 3.63) is 14.7 Å². The van der Waals surface area contributed by atoms with Gasteiger partial charge in [0, 0.05) is 18.0 Å². The molecule has 1 fully saturated rings. The fourth-order valence-electron chi connectivity index (χ4n) is 1.99. The smallest absolute Gasteiger partial charge is 0.242 e. The third-order valence-electron chi connectivity index (χ3n) is 3.03. The van der Waals surface area contributed by atoms with Gasteiger partial charge in [-0.05, 0) is 42.4 Å². The number of rotatable bonds is 5. The zero-order chi connectivity index (χ0) is 14.0. The molecule has 2 N–H and O–H groups in total. The first kappa shape index (κ1) is 15.4. The van der Waals surface area contributed by atoms with Crippen LogP contribution >= 0.6 is 27.3 Å². The van der Waals surface area contributed by atoms with Crippen molar-refractivity contribution < 1.29 is 13.2 Å². The van der Waals surface area contributed by atoms with E-state index in [1.807, 2.05) is 14.0 Å². The van der Waals surface area contributed by atoms with Crippen molar-refractivity contribution >= 4 is 37.3 Å². The molecule has 0 aliphatic carbocycles. The van der Waals surface area contributed by atoms with E-state index in [4.69, 9.17) is 4.74 Å². The van der Waals surface area contributed by atoms with Gasteiger partial charge in [0.1, 0.15) is 4.90 Å². The molecule has 0 spiro atoms. The maximum atomic E-state index is 12.4. The predicted molar refractivity (Wildman–Crippen MR) is 78.9 cm³/mol. The van der Waals surface area contributed by atoms with E-state index < -0.39 is 10.0 Å². The Labute approximate surface area is 125 Å². The quantitative estimate of drug-likeness (QED) is 0.829. The van der Waals surface area contributed by atoms with Crippen LogP contribution in [0.15, 0.2) is 14.7 Å². The molecule has 1 aromatic heterocycles. The van der Waals surface area contributed by atoms with E-state index in [0.29, 0.717) is 28.3 Å². The van der Waals surface area contributed by atoms with Gasteiger partial charge >= 0.3 is 0 Å². The molecule has 0 amide bonds. The van der Waals surface area contributed by atoms with Crippen molar-refractivity contribution in [1.29, 1.82) is 0 Å². The van der Waals surface area contributed by atoms with Gasteiger partial charge in [0.25, 0.3) is 0 Å². The minimum atomic E-state index is -3.50. The number of nitrogens with one attached hydrogen (secondary N) is 2. The van der Waals surface area contributed by atoms with Gasteiger partial charge in [0.05, 0.1) is 15.9 Å². The van der Waals surface area contributed by atoms with Crippen LogP contribution in [0.25, 0.3) is 0 Å². The summed E-state index contributed by atoms with van der Waals surface area (Å²) >= 11 is 4.76. The van der Waals surface area contributed by atoms with Crippen LogP contribution in [0.1, 0.15) is 18.2 Å². The lowest BCUT2D eigenvalue weighted by molar-refractivity contribution is 0.117. The first-order chi connectivity index (χ1) is 8.94. The number of thiophene rings is 1. The van der Waals surface area contributed by atoms with Gasteiger partial charge in [-0.2, -0.15) is 0 Å². The monoisotopic (exact) mass is 368 g/mol. The van der Waals surface area contributed by atoms with Crippen molar-refractivity contribution in [2.75, 3.05) is 13.7 Å². The van der Waals surface area contributed by atoms with Gasteiger partial charge in [-0.3, -0.25) is 0 Å². The second kappa shape index (κ2) is 6.19. The molecule has 0 bridgehead atoms. The Morgan fingerprint density at radius 2 is 2.32 bits per heavy atom. The highest BCUT2D eigenvalue weighted by molar-refractivity contribution is 9.11. The molecule has 2 atom stereocenters. The van der Waals surface area contributed by atoms with E-state index in [1.54, 1.807) is 6.07 Å². The molecule has 8 heteroatoms. The summed E-state index contributed by atoms with van der Waals surface area (Å²) < 4.78 is 33.5. The molecule has 2 unspecified atom stereocenters. The third kappa shape index (κ3) is 3.56. The first-order valence-corrected chi connectivity index (χ1v) is 9.10. The summed E-state index contributed by atoms with van der Waals surface area (Å²) in [5.74, 6) is 0. The van der Waals surface area contributed by atoms with Crippen LogP contribution in [0.3, 0.4) is 0 Å². The second-order valence-electron chi connectivity index (χ2n) is 4.47. The van der Waals surface area contributed by atoms with E-state index in [9.17, 15) is 8.42 Å². The summed E-state index contributed by atoms with van der Waals surface area (Å²) in [6.45, 7) is 3.14. The van der Waals surface area contributed by atoms with Crippen LogP contribution in [0.2, 0.25) is 0 Å². The summed E-state index contributed by atoms with van der Waals surface area (Å²) in [7, 11) is -1.67. The highest BCUT2D eigenvalue weighted by atomic mass is 79.9. The van der Waals surface area contributed by atoms with Crippen LogP contribution in [0.4, 0.5) is 0 Å². The van der Waals surface area contributed by atoms with Gasteiger partial charge in [0.15, 0.2) is 0 Å². The summed E-state index contributed by atoms with van der Waals surface area (Å²) in [5.41, 5.74) is 0. The Bertz CT molecular complexity index is 544. The van der Waals surface area contributed by atoms with Crippen LogP contribution in [0.5, 0.6) is 0 Å². The summed E-state index contributed by atoms with van der Waals surface area (Å²) in [6.07, 6.45) is 0.634. The molecule has 0 saturated carbocycles. The lowest BCUT2D eigenvalue weighted by Gasteiger charge is -2.15. The topological polar surface area (TPSA) is 67.4 Å². The largest absolute Gasteiger partial charge is 0.377 e. The van der Waals surface area contributed by atoms with E-state index in [0.717, 1.165) is 4.88 Å². The number of hydrogen-bond acceptors (Lipinski definition) is 5. The molecule has 2 rings (SSSR count). The van der Waals surface area contributed by atoms with Gasteiger partial charge in [-0.15, -0.1) is 11.3 Å². The zero-order valence-corrected chi connectivity index (χ0v) is 14.0. The van der Waals surface area contributed by atoms with Crippen molar-refractivity contribution in [3.63, 3.8) is 0 Å². The summed E-state index contributed by atoms with van der Waals surface area (Å²) in [6, 6.07) is 1.55. The average molecular weight is 369 g/mol. The minimum absolute atomic E-state index is 0.0797. The molecule has 108 valence electrons. The summed E-state index contributed by atoms with van der Waals surface area (Å²) in [5, 5.41) is 3.01. The molecule has 2 heterocycles. The van der Waals surface area contributed by atoms with E-state index >= 15 is 0 Å². The first-order valence-electron chi connectivity index (χ1n) is 6.01. The van der Waals surface area contributed by atoms with Gasteiger partial charge < -0.3 is 10.1 Å². The molecule has 5 nitrogen and oxygen atoms in total. The number of sulfonamides is 1. The van der Waals surface area contributed by atoms with E-state index in [-0.39, 0.29) is 12.1 Å². The fourth-order valence-corrected chi connectivity index (χ4v) is 6.02. The SMILES string of the molecule is CNCc1cc(S(=O)(=O)NC2CCOC2C)c(Br)s1. The molecule has 1 aliphatic heterocycles. The second-order valence-corrected chi connectivity index (χ2v) is 8.61. The van der Waals surface area contributed by atoms with Crippen molar-refractivity contribution in [2.24, 2.45) is 0 Å². The van der Waals surface area contributed by atoms with Crippen LogP contribution in [-0.2, 0) is 21.3 Å². The highest BCUT2D eigenvalue weighted by Crippen LogP contribution is 2.32. The number of halogens is 1. The molecule has 1 aliphatic rings. The van der Waals surface area contributed by atoms with E-state index in [1.165, 1.54) is 11.3 Å². The Kier molecular flexibility index (Phi) is 5.02. The predicted octanol–water partition coefficient (Wildman–Crippen LogP) is 1.69. The molecule has 1 aromatic rings. The average Bonchev–Trinajstić information content (AvgIpc) is 2.87. The maximum absolute atomic E-state index is 12.4.